The predicted molar refractivity (Wildman–Crippen MR) is 135 cm³/mol. The Bertz CT molecular complexity index is 1310. The van der Waals surface area contributed by atoms with Crippen molar-refractivity contribution in [3.8, 4) is 5.75 Å². The molecule has 3 atom stereocenters. The number of halogens is 1. The Morgan fingerprint density at radius 1 is 1.17 bits per heavy atom. The van der Waals surface area contributed by atoms with Crippen LogP contribution in [0.15, 0.2) is 53.7 Å². The average molecular weight is 533 g/mol. The first-order chi connectivity index (χ1) is 17.1. The Balaban J connectivity index is 1.46. The van der Waals surface area contributed by atoms with Crippen LogP contribution in [0.3, 0.4) is 0 Å². The lowest BCUT2D eigenvalue weighted by Crippen LogP contribution is -2.45. The zero-order chi connectivity index (χ0) is 25.5. The first-order valence-electron chi connectivity index (χ1n) is 11.9. The molecule has 192 valence electrons. The number of nitrogens with one attached hydrogen (secondary N) is 1. The van der Waals surface area contributed by atoms with Crippen molar-refractivity contribution in [2.75, 3.05) is 17.9 Å². The number of hydrogen-bond donors (Lipinski definition) is 2. The predicted octanol–water partition coefficient (Wildman–Crippen LogP) is 4.53. The topological polar surface area (TPSA) is 105 Å². The second-order valence-electron chi connectivity index (χ2n) is 9.88. The van der Waals surface area contributed by atoms with Crippen molar-refractivity contribution in [3.05, 3.63) is 65.7 Å². The second kappa shape index (κ2) is 9.70. The number of fused-ring (bicyclic) bond motifs is 1. The van der Waals surface area contributed by atoms with Gasteiger partial charge in [0.2, 0.25) is 5.13 Å². The summed E-state index contributed by atoms with van der Waals surface area (Å²) in [5, 5.41) is 10.9. The molecule has 1 aromatic heterocycles. The fourth-order valence-electron chi connectivity index (χ4n) is 5.27. The fourth-order valence-corrected chi connectivity index (χ4v) is 6.94. The van der Waals surface area contributed by atoms with Gasteiger partial charge in [0.05, 0.1) is 17.1 Å². The lowest BCUT2D eigenvalue weighted by atomic mass is 9.77. The van der Waals surface area contributed by atoms with E-state index in [1.165, 1.54) is 18.5 Å². The van der Waals surface area contributed by atoms with Crippen LogP contribution in [0.4, 0.5) is 9.52 Å². The summed E-state index contributed by atoms with van der Waals surface area (Å²) in [5.41, 5.74) is 1.10. The van der Waals surface area contributed by atoms with Gasteiger partial charge in [0.25, 0.3) is 10.0 Å². The molecule has 3 heterocycles. The summed E-state index contributed by atoms with van der Waals surface area (Å²) in [6.45, 7) is 4.89. The van der Waals surface area contributed by atoms with Gasteiger partial charge in [0, 0.05) is 41.7 Å². The van der Waals surface area contributed by atoms with Crippen LogP contribution in [-0.2, 0) is 10.0 Å². The number of aromatic nitrogens is 2. The second-order valence-corrected chi connectivity index (χ2v) is 12.3. The molecule has 2 aliphatic rings. The highest BCUT2D eigenvalue weighted by molar-refractivity contribution is 7.93. The maximum absolute atomic E-state index is 13.7. The Labute approximate surface area is 214 Å². The molecule has 11 heteroatoms. The van der Waals surface area contributed by atoms with E-state index in [0.717, 1.165) is 48.5 Å². The third-order valence-electron chi connectivity index (χ3n) is 7.18. The number of rotatable bonds is 6. The molecule has 1 saturated heterocycles. The third-order valence-corrected chi connectivity index (χ3v) is 9.23. The molecule has 0 bridgehead atoms. The number of nitrogens with zero attached hydrogens (tertiary/aromatic N) is 3. The Kier molecular flexibility index (Phi) is 6.75. The first kappa shape index (κ1) is 25.1. The van der Waals surface area contributed by atoms with Crippen LogP contribution in [0.2, 0.25) is 0 Å². The Hall–Kier alpha value is -2.60. The van der Waals surface area contributed by atoms with Gasteiger partial charge in [-0.15, -0.1) is 0 Å². The molecule has 2 aromatic carbocycles. The molecule has 0 aliphatic carbocycles. The zero-order valence-electron chi connectivity index (χ0n) is 20.1. The van der Waals surface area contributed by atoms with Crippen molar-refractivity contribution < 1.29 is 22.7 Å². The third kappa shape index (κ3) is 5.10. The molecule has 0 radical (unpaired) electrons. The van der Waals surface area contributed by atoms with Gasteiger partial charge < -0.3 is 9.84 Å². The highest BCUT2D eigenvalue weighted by atomic mass is 32.2. The average Bonchev–Trinajstić information content (AvgIpc) is 3.35. The molecule has 0 unspecified atom stereocenters. The molecular formula is C25H29FN4O4S2. The number of benzene rings is 2. The van der Waals surface area contributed by atoms with Crippen LogP contribution in [0.1, 0.15) is 56.3 Å². The van der Waals surface area contributed by atoms with Crippen molar-refractivity contribution in [2.45, 2.75) is 55.7 Å². The first-order valence-corrected chi connectivity index (χ1v) is 14.2. The summed E-state index contributed by atoms with van der Waals surface area (Å²) >= 11 is 0.963. The van der Waals surface area contributed by atoms with Gasteiger partial charge in [-0.1, -0.05) is 18.2 Å². The van der Waals surface area contributed by atoms with Gasteiger partial charge >= 0.3 is 0 Å². The SMILES string of the molecule is CC(C)(O)[C@H]1CCN([C@H]2CCOc3cc(S(=O)(=O)Nc4ncns4)ccc32)[C@@H](c2ccc(F)cc2)C1. The summed E-state index contributed by atoms with van der Waals surface area (Å²) in [7, 11) is -3.84. The number of hydrogen-bond acceptors (Lipinski definition) is 8. The molecule has 36 heavy (non-hydrogen) atoms. The number of piperidine rings is 1. The minimum atomic E-state index is -3.84. The molecule has 0 saturated carbocycles. The summed E-state index contributed by atoms with van der Waals surface area (Å²) in [5.74, 6) is 0.350. The van der Waals surface area contributed by atoms with Gasteiger partial charge in [-0.25, -0.2) is 17.8 Å². The quantitative estimate of drug-likeness (QED) is 0.481. The lowest BCUT2D eigenvalue weighted by Gasteiger charge is -2.48. The van der Waals surface area contributed by atoms with E-state index in [-0.39, 0.29) is 33.8 Å². The minimum Gasteiger partial charge on any atom is -0.493 e. The maximum Gasteiger partial charge on any atom is 0.263 e. The lowest BCUT2D eigenvalue weighted by molar-refractivity contribution is -0.0441. The van der Waals surface area contributed by atoms with Crippen LogP contribution in [0, 0.1) is 11.7 Å². The fraction of sp³-hybridized carbons (Fsp3) is 0.440. The van der Waals surface area contributed by atoms with E-state index in [1.54, 1.807) is 12.1 Å². The van der Waals surface area contributed by atoms with E-state index < -0.39 is 15.6 Å². The molecule has 0 amide bonds. The van der Waals surface area contributed by atoms with Gasteiger partial charge in [0.15, 0.2) is 0 Å². The summed E-state index contributed by atoms with van der Waals surface area (Å²) in [6, 6.07) is 11.5. The van der Waals surface area contributed by atoms with E-state index in [2.05, 4.69) is 19.0 Å². The van der Waals surface area contributed by atoms with Gasteiger partial charge in [0.1, 0.15) is 17.9 Å². The van der Waals surface area contributed by atoms with Crippen LogP contribution >= 0.6 is 11.5 Å². The van der Waals surface area contributed by atoms with Crippen LogP contribution in [-0.4, -0.2) is 46.5 Å². The number of likely N-dealkylation sites (tertiary alicyclic amines) is 1. The summed E-state index contributed by atoms with van der Waals surface area (Å²) < 4.78 is 51.6. The minimum absolute atomic E-state index is 0.000524. The Morgan fingerprint density at radius 3 is 2.64 bits per heavy atom. The number of sulfonamides is 1. The smallest absolute Gasteiger partial charge is 0.263 e. The number of aliphatic hydroxyl groups is 1. The largest absolute Gasteiger partial charge is 0.493 e. The molecule has 2 aliphatic heterocycles. The number of ether oxygens (including phenoxy) is 1. The molecule has 5 rings (SSSR count). The Morgan fingerprint density at radius 2 is 1.94 bits per heavy atom. The van der Waals surface area contributed by atoms with E-state index in [9.17, 15) is 17.9 Å². The van der Waals surface area contributed by atoms with Crippen molar-refractivity contribution in [1.29, 1.82) is 0 Å². The van der Waals surface area contributed by atoms with Crippen molar-refractivity contribution >= 4 is 26.7 Å². The van der Waals surface area contributed by atoms with E-state index in [0.29, 0.717) is 12.4 Å². The van der Waals surface area contributed by atoms with Crippen LogP contribution < -0.4 is 9.46 Å². The molecule has 3 aromatic rings. The van der Waals surface area contributed by atoms with Crippen molar-refractivity contribution in [2.24, 2.45) is 5.92 Å². The van der Waals surface area contributed by atoms with Crippen LogP contribution in [0.5, 0.6) is 5.75 Å². The van der Waals surface area contributed by atoms with E-state index in [4.69, 9.17) is 4.74 Å². The molecule has 2 N–H and O–H groups in total. The van der Waals surface area contributed by atoms with Gasteiger partial charge in [-0.05, 0) is 62.9 Å². The van der Waals surface area contributed by atoms with Crippen molar-refractivity contribution in [3.63, 3.8) is 0 Å². The molecule has 0 spiro atoms. The highest BCUT2D eigenvalue weighted by Gasteiger charge is 2.41. The monoisotopic (exact) mass is 532 g/mol. The molecule has 8 nitrogen and oxygen atoms in total. The summed E-state index contributed by atoms with van der Waals surface area (Å²) in [6.07, 6.45) is 3.60. The molecule has 1 fully saturated rings. The molecular weight excluding hydrogens is 503 g/mol. The van der Waals surface area contributed by atoms with E-state index >= 15 is 0 Å². The van der Waals surface area contributed by atoms with Crippen molar-refractivity contribution in [1.82, 2.24) is 14.3 Å². The zero-order valence-corrected chi connectivity index (χ0v) is 21.7. The highest BCUT2D eigenvalue weighted by Crippen LogP contribution is 2.47. The summed E-state index contributed by atoms with van der Waals surface area (Å²) in [4.78, 5) is 6.38. The standard InChI is InChI=1S/C25H29FN4O4S2/c1-25(2,31)17-9-11-30(22(13-17)16-3-5-18(26)6-4-16)21-10-12-34-23-14-19(7-8-20(21)23)36(32,33)29-24-27-15-28-35-24/h3-8,14-15,17,21-22,31H,9-13H2,1-2H3,(H,27,28,29)/t17-,21-,22+/m0/s1. The maximum atomic E-state index is 13.7. The normalized spacial score (nSPS) is 23.1. The van der Waals surface area contributed by atoms with Gasteiger partial charge in [-0.2, -0.15) is 4.37 Å². The number of anilines is 1. The van der Waals surface area contributed by atoms with E-state index in [1.807, 2.05) is 32.0 Å². The van der Waals surface area contributed by atoms with Gasteiger partial charge in [-0.3, -0.25) is 9.62 Å². The van der Waals surface area contributed by atoms with Crippen LogP contribution in [0.25, 0.3) is 0 Å².